The first-order valence-corrected chi connectivity index (χ1v) is 9.53. The van der Waals surface area contributed by atoms with Crippen LogP contribution in [0.15, 0.2) is 45.8 Å². The Morgan fingerprint density at radius 1 is 1.10 bits per heavy atom. The van der Waals surface area contributed by atoms with Crippen molar-refractivity contribution >= 4 is 37.4 Å². The smallest absolute Gasteiger partial charge is 0.175 e. The largest absolute Gasteiger partial charge is 0.224 e. The van der Waals surface area contributed by atoms with Gasteiger partial charge in [-0.1, -0.05) is 34.1 Å². The van der Waals surface area contributed by atoms with E-state index in [2.05, 4.69) is 15.9 Å². The molecule has 0 saturated heterocycles. The Labute approximate surface area is 139 Å². The number of aryl methyl sites for hydroxylation is 2. The molecule has 0 radical (unpaired) electrons. The van der Waals surface area contributed by atoms with E-state index in [1.807, 2.05) is 32.0 Å². The Hall–Kier alpha value is -0.840. The summed E-state index contributed by atoms with van der Waals surface area (Å²) in [5.74, 6) is 0. The van der Waals surface area contributed by atoms with Crippen molar-refractivity contribution < 1.29 is 8.42 Å². The zero-order valence-corrected chi connectivity index (χ0v) is 15.2. The lowest BCUT2D eigenvalue weighted by molar-refractivity contribution is 0.601. The van der Waals surface area contributed by atoms with E-state index in [4.69, 9.17) is 11.6 Å². The van der Waals surface area contributed by atoms with Gasteiger partial charge in [0.25, 0.3) is 0 Å². The minimum atomic E-state index is -3.23. The van der Waals surface area contributed by atoms with Crippen LogP contribution in [0.1, 0.15) is 27.6 Å². The number of rotatable bonds is 3. The van der Waals surface area contributed by atoms with Crippen molar-refractivity contribution in [3.05, 3.63) is 63.1 Å². The SMILES string of the molecule is Cc1cc(C(Cl)c2cccc(S(C)(=O)=O)c2)c(C)cc1Br. The summed E-state index contributed by atoms with van der Waals surface area (Å²) in [4.78, 5) is 0.289. The maximum atomic E-state index is 11.7. The van der Waals surface area contributed by atoms with E-state index < -0.39 is 9.84 Å². The molecule has 2 nitrogen and oxygen atoms in total. The molecule has 5 heteroatoms. The van der Waals surface area contributed by atoms with Gasteiger partial charge in [-0.15, -0.1) is 11.6 Å². The Morgan fingerprint density at radius 3 is 2.38 bits per heavy atom. The minimum absolute atomic E-state index is 0.289. The summed E-state index contributed by atoms with van der Waals surface area (Å²) < 4.78 is 24.4. The van der Waals surface area contributed by atoms with Crippen LogP contribution in [0, 0.1) is 13.8 Å². The molecule has 0 spiro atoms. The van der Waals surface area contributed by atoms with Gasteiger partial charge in [-0.05, 0) is 54.3 Å². The van der Waals surface area contributed by atoms with Crippen LogP contribution < -0.4 is 0 Å². The highest BCUT2D eigenvalue weighted by molar-refractivity contribution is 9.10. The van der Waals surface area contributed by atoms with Crippen molar-refractivity contribution in [2.75, 3.05) is 6.26 Å². The normalized spacial score (nSPS) is 13.2. The van der Waals surface area contributed by atoms with E-state index in [1.165, 1.54) is 6.26 Å². The predicted octanol–water partition coefficient (Wildman–Crippen LogP) is 4.80. The lowest BCUT2D eigenvalue weighted by Gasteiger charge is -2.16. The zero-order valence-electron chi connectivity index (χ0n) is 12.0. The summed E-state index contributed by atoms with van der Waals surface area (Å²) in [5, 5.41) is -0.376. The van der Waals surface area contributed by atoms with Crippen LogP contribution in [-0.4, -0.2) is 14.7 Å². The maximum Gasteiger partial charge on any atom is 0.175 e. The molecule has 0 N–H and O–H groups in total. The van der Waals surface area contributed by atoms with Crippen molar-refractivity contribution in [3.63, 3.8) is 0 Å². The number of halogens is 2. The van der Waals surface area contributed by atoms with Crippen LogP contribution in [0.5, 0.6) is 0 Å². The van der Waals surface area contributed by atoms with Gasteiger partial charge >= 0.3 is 0 Å². The minimum Gasteiger partial charge on any atom is -0.224 e. The van der Waals surface area contributed by atoms with Crippen molar-refractivity contribution in [3.8, 4) is 0 Å². The molecule has 1 unspecified atom stereocenters. The van der Waals surface area contributed by atoms with Crippen LogP contribution in [0.3, 0.4) is 0 Å². The predicted molar refractivity (Wildman–Crippen MR) is 90.9 cm³/mol. The fraction of sp³-hybridized carbons (Fsp3) is 0.250. The van der Waals surface area contributed by atoms with Gasteiger partial charge in [-0.25, -0.2) is 8.42 Å². The Bertz CT molecular complexity index is 785. The van der Waals surface area contributed by atoms with E-state index in [1.54, 1.807) is 18.2 Å². The molecular formula is C16H16BrClO2S. The fourth-order valence-corrected chi connectivity index (χ4v) is 3.66. The van der Waals surface area contributed by atoms with Gasteiger partial charge in [0.05, 0.1) is 10.3 Å². The number of benzene rings is 2. The highest BCUT2D eigenvalue weighted by Crippen LogP contribution is 2.34. The van der Waals surface area contributed by atoms with E-state index >= 15 is 0 Å². The van der Waals surface area contributed by atoms with Crippen LogP contribution in [0.25, 0.3) is 0 Å². The summed E-state index contributed by atoms with van der Waals surface area (Å²) in [6.45, 7) is 4.00. The van der Waals surface area contributed by atoms with Crippen LogP contribution >= 0.6 is 27.5 Å². The van der Waals surface area contributed by atoms with E-state index in [0.29, 0.717) is 0 Å². The fourth-order valence-electron chi connectivity index (χ4n) is 2.16. The molecule has 0 saturated carbocycles. The van der Waals surface area contributed by atoms with E-state index in [0.717, 1.165) is 26.7 Å². The summed E-state index contributed by atoms with van der Waals surface area (Å²) in [6, 6.07) is 10.9. The van der Waals surface area contributed by atoms with Gasteiger partial charge < -0.3 is 0 Å². The number of hydrogen-bond donors (Lipinski definition) is 0. The quantitative estimate of drug-likeness (QED) is 0.709. The van der Waals surface area contributed by atoms with Gasteiger partial charge in [0, 0.05) is 10.7 Å². The molecule has 2 rings (SSSR count). The first kappa shape index (κ1) is 16.5. The molecule has 2 aromatic rings. The highest BCUT2D eigenvalue weighted by atomic mass is 79.9. The summed E-state index contributed by atoms with van der Waals surface area (Å²) in [7, 11) is -3.23. The Balaban J connectivity index is 2.50. The Kier molecular flexibility index (Phi) is 4.81. The van der Waals surface area contributed by atoms with Crippen molar-refractivity contribution in [2.24, 2.45) is 0 Å². The average molecular weight is 388 g/mol. The lowest BCUT2D eigenvalue weighted by atomic mass is 9.98. The first-order chi connectivity index (χ1) is 9.70. The molecule has 0 bridgehead atoms. The van der Waals surface area contributed by atoms with Crippen molar-refractivity contribution in [2.45, 2.75) is 24.1 Å². The van der Waals surface area contributed by atoms with E-state index in [9.17, 15) is 8.42 Å². The standard InChI is InChI=1S/C16H16BrClO2S/c1-10-8-15(17)11(2)7-14(10)16(18)12-5-4-6-13(9-12)21(3,19)20/h4-9,16H,1-3H3. The summed E-state index contributed by atoms with van der Waals surface area (Å²) in [5.41, 5.74) is 3.94. The third-order valence-corrected chi connectivity index (χ3v) is 5.85. The maximum absolute atomic E-state index is 11.7. The van der Waals surface area contributed by atoms with Gasteiger partial charge in [0.15, 0.2) is 9.84 Å². The topological polar surface area (TPSA) is 34.1 Å². The van der Waals surface area contributed by atoms with E-state index in [-0.39, 0.29) is 10.3 Å². The molecule has 0 aliphatic heterocycles. The van der Waals surface area contributed by atoms with Gasteiger partial charge in [0.1, 0.15) is 0 Å². The zero-order chi connectivity index (χ0) is 15.8. The number of sulfone groups is 1. The summed E-state index contributed by atoms with van der Waals surface area (Å²) >= 11 is 10.1. The molecule has 0 aliphatic rings. The van der Waals surface area contributed by atoms with Gasteiger partial charge in [-0.3, -0.25) is 0 Å². The second-order valence-corrected chi connectivity index (χ2v) is 8.47. The molecular weight excluding hydrogens is 372 g/mol. The second-order valence-electron chi connectivity index (χ2n) is 5.17. The third kappa shape index (κ3) is 3.68. The van der Waals surface area contributed by atoms with Crippen LogP contribution in [0.4, 0.5) is 0 Å². The molecule has 2 aromatic carbocycles. The molecule has 0 heterocycles. The summed E-state index contributed by atoms with van der Waals surface area (Å²) in [6.07, 6.45) is 1.20. The molecule has 112 valence electrons. The molecule has 0 fully saturated rings. The molecule has 0 amide bonds. The van der Waals surface area contributed by atoms with Crippen molar-refractivity contribution in [1.82, 2.24) is 0 Å². The van der Waals surface area contributed by atoms with Crippen LogP contribution in [-0.2, 0) is 9.84 Å². The lowest BCUT2D eigenvalue weighted by Crippen LogP contribution is -2.01. The van der Waals surface area contributed by atoms with Gasteiger partial charge in [0.2, 0.25) is 0 Å². The van der Waals surface area contributed by atoms with Crippen molar-refractivity contribution in [1.29, 1.82) is 0 Å². The second kappa shape index (κ2) is 6.11. The van der Waals surface area contributed by atoms with Gasteiger partial charge in [-0.2, -0.15) is 0 Å². The molecule has 0 aromatic heterocycles. The Morgan fingerprint density at radius 2 is 1.76 bits per heavy atom. The monoisotopic (exact) mass is 386 g/mol. The first-order valence-electron chi connectivity index (χ1n) is 6.41. The third-order valence-electron chi connectivity index (χ3n) is 3.40. The molecule has 1 atom stereocenters. The average Bonchev–Trinajstić information content (AvgIpc) is 2.41. The molecule has 0 aliphatic carbocycles. The molecule has 21 heavy (non-hydrogen) atoms. The highest BCUT2D eigenvalue weighted by Gasteiger charge is 2.17. The number of hydrogen-bond acceptors (Lipinski definition) is 2. The number of alkyl halides is 1. The van der Waals surface area contributed by atoms with Crippen LogP contribution in [0.2, 0.25) is 0 Å².